The molecule has 1 N–H and O–H groups in total. The van der Waals surface area contributed by atoms with Crippen LogP contribution in [0.15, 0.2) is 41.3 Å². The largest absolute Gasteiger partial charge is 0.573 e. The highest BCUT2D eigenvalue weighted by atomic mass is 35.5. The van der Waals surface area contributed by atoms with Crippen molar-refractivity contribution in [1.82, 2.24) is 4.90 Å². The number of anilines is 1. The van der Waals surface area contributed by atoms with Gasteiger partial charge in [0.2, 0.25) is 5.91 Å². The molecule has 0 aliphatic heterocycles. The van der Waals surface area contributed by atoms with Gasteiger partial charge >= 0.3 is 12.3 Å². The Balaban J connectivity index is 2.06. The topological polar surface area (TPSA) is 77.1 Å². The van der Waals surface area contributed by atoms with E-state index >= 15 is 0 Å². The van der Waals surface area contributed by atoms with Crippen molar-refractivity contribution >= 4 is 40.9 Å². The van der Waals surface area contributed by atoms with Crippen LogP contribution in [0.25, 0.3) is 0 Å². The lowest BCUT2D eigenvalue weighted by Crippen LogP contribution is -2.36. The fourth-order valence-corrected chi connectivity index (χ4v) is 4.67. The van der Waals surface area contributed by atoms with Crippen molar-refractivity contribution in [3.63, 3.8) is 0 Å². The number of nitrogens with zero attached hydrogens (tertiary/aromatic N) is 1. The molecule has 0 radical (unpaired) electrons. The van der Waals surface area contributed by atoms with Crippen LogP contribution in [0.3, 0.4) is 0 Å². The number of esters is 1. The second-order valence-electron chi connectivity index (χ2n) is 10.7. The molecule has 0 saturated heterocycles. The van der Waals surface area contributed by atoms with E-state index in [1.165, 1.54) is 17.8 Å². The summed E-state index contributed by atoms with van der Waals surface area (Å²) >= 11 is 7.34. The van der Waals surface area contributed by atoms with Crippen molar-refractivity contribution in [1.29, 1.82) is 0 Å². The van der Waals surface area contributed by atoms with Gasteiger partial charge in [0.25, 0.3) is 0 Å². The first-order valence-electron chi connectivity index (χ1n) is 12.5. The van der Waals surface area contributed by atoms with E-state index in [1.807, 2.05) is 63.8 Å². The lowest BCUT2D eigenvalue weighted by Gasteiger charge is -2.28. The van der Waals surface area contributed by atoms with Gasteiger partial charge in [-0.05, 0) is 76.9 Å². The van der Waals surface area contributed by atoms with Gasteiger partial charge in [-0.3, -0.25) is 14.5 Å². The molecule has 222 valence electrons. The highest BCUT2D eigenvalue weighted by Gasteiger charge is 2.34. The van der Waals surface area contributed by atoms with Crippen LogP contribution in [0.2, 0.25) is 5.02 Å². The van der Waals surface area contributed by atoms with Gasteiger partial charge in [0.15, 0.2) is 0 Å². The summed E-state index contributed by atoms with van der Waals surface area (Å²) in [5.74, 6) is -1.21. The van der Waals surface area contributed by atoms with Crippen LogP contribution in [-0.2, 0) is 25.6 Å². The molecule has 0 unspecified atom stereocenters. The maximum atomic E-state index is 12.8. The minimum absolute atomic E-state index is 0.00337. The number of ether oxygens (including phenoxy) is 3. The zero-order valence-corrected chi connectivity index (χ0v) is 25.3. The van der Waals surface area contributed by atoms with Crippen molar-refractivity contribution in [2.75, 3.05) is 32.1 Å². The number of rotatable bonds is 12. The van der Waals surface area contributed by atoms with Gasteiger partial charge < -0.3 is 19.5 Å². The molecule has 0 spiro atoms. The predicted molar refractivity (Wildman–Crippen MR) is 151 cm³/mol. The third-order valence-electron chi connectivity index (χ3n) is 5.35. The molecule has 1 amide bonds. The maximum Gasteiger partial charge on any atom is 0.573 e. The number of thioether (sulfide) groups is 1. The number of hydrogen-bond donors (Lipinski definition) is 1. The molecule has 2 aromatic rings. The summed E-state index contributed by atoms with van der Waals surface area (Å²) in [5.41, 5.74) is 1.01. The Bertz CT molecular complexity index is 1170. The molecular formula is C28H36ClF3N2O5S. The van der Waals surface area contributed by atoms with Gasteiger partial charge in [0.1, 0.15) is 16.1 Å². The van der Waals surface area contributed by atoms with Gasteiger partial charge in [0.05, 0.1) is 18.2 Å². The highest BCUT2D eigenvalue weighted by Crippen LogP contribution is 2.36. The molecule has 7 nitrogen and oxygen atoms in total. The molecule has 0 fully saturated rings. The van der Waals surface area contributed by atoms with Crippen LogP contribution < -0.4 is 10.1 Å². The predicted octanol–water partition coefficient (Wildman–Crippen LogP) is 6.85. The summed E-state index contributed by atoms with van der Waals surface area (Å²) in [6, 6.07) is 10.0. The van der Waals surface area contributed by atoms with Crippen molar-refractivity contribution in [2.24, 2.45) is 0 Å². The molecule has 0 bridgehead atoms. The Kier molecular flexibility index (Phi) is 11.8. The van der Waals surface area contributed by atoms with E-state index in [0.717, 1.165) is 16.5 Å². The van der Waals surface area contributed by atoms with Crippen LogP contribution in [0.1, 0.15) is 45.7 Å². The van der Waals surface area contributed by atoms with Crippen LogP contribution in [0, 0.1) is 6.92 Å². The number of carbonyl (C=O) groups excluding carboxylic acids is 2. The van der Waals surface area contributed by atoms with E-state index in [9.17, 15) is 22.8 Å². The van der Waals surface area contributed by atoms with Gasteiger partial charge in [-0.1, -0.05) is 23.7 Å². The highest BCUT2D eigenvalue weighted by molar-refractivity contribution is 8.01. The van der Waals surface area contributed by atoms with Crippen LogP contribution in [-0.4, -0.2) is 60.3 Å². The molecule has 0 aromatic heterocycles. The summed E-state index contributed by atoms with van der Waals surface area (Å²) in [7, 11) is 1.56. The molecule has 2 aromatic carbocycles. The molecule has 0 atom stereocenters. The molecule has 0 aliphatic carbocycles. The number of nitrogens with one attached hydrogen (secondary N) is 1. The summed E-state index contributed by atoms with van der Waals surface area (Å²) < 4.78 is 51.6. The SMILES string of the molecule is COCCN(CC(=O)Nc1cc(Cl)c(OC(F)(F)F)cc1C)Cc1ccc(SC(C)(C)C(=O)OC(C)(C)C)cc1. The minimum Gasteiger partial charge on any atom is -0.459 e. The number of halogens is 4. The Morgan fingerprint density at radius 2 is 1.68 bits per heavy atom. The van der Waals surface area contributed by atoms with Crippen molar-refractivity contribution in [3.8, 4) is 5.75 Å². The smallest absolute Gasteiger partial charge is 0.459 e. The van der Waals surface area contributed by atoms with E-state index in [0.29, 0.717) is 25.3 Å². The summed E-state index contributed by atoms with van der Waals surface area (Å²) in [6.45, 7) is 12.0. The van der Waals surface area contributed by atoms with Crippen molar-refractivity contribution < 1.29 is 37.0 Å². The molecule has 12 heteroatoms. The third kappa shape index (κ3) is 11.6. The van der Waals surface area contributed by atoms with Crippen LogP contribution in [0.4, 0.5) is 18.9 Å². The average molecular weight is 605 g/mol. The lowest BCUT2D eigenvalue weighted by molar-refractivity contribution is -0.274. The summed E-state index contributed by atoms with van der Waals surface area (Å²) in [6.07, 6.45) is -4.88. The van der Waals surface area contributed by atoms with Crippen molar-refractivity contribution in [2.45, 2.75) is 69.7 Å². The van der Waals surface area contributed by atoms with E-state index < -0.39 is 22.5 Å². The molecule has 0 aliphatic rings. The third-order valence-corrected chi connectivity index (χ3v) is 6.83. The number of alkyl halides is 3. The number of benzene rings is 2. The van der Waals surface area contributed by atoms with E-state index in [1.54, 1.807) is 14.0 Å². The number of carbonyl (C=O) groups is 2. The van der Waals surface area contributed by atoms with Gasteiger partial charge in [-0.15, -0.1) is 24.9 Å². The molecule has 40 heavy (non-hydrogen) atoms. The quantitative estimate of drug-likeness (QED) is 0.210. The zero-order chi connectivity index (χ0) is 30.3. The monoisotopic (exact) mass is 604 g/mol. The zero-order valence-electron chi connectivity index (χ0n) is 23.7. The van der Waals surface area contributed by atoms with Crippen LogP contribution in [0.5, 0.6) is 5.75 Å². The minimum atomic E-state index is -4.88. The van der Waals surface area contributed by atoms with Gasteiger partial charge in [-0.2, -0.15) is 0 Å². The Labute approximate surface area is 242 Å². The summed E-state index contributed by atoms with van der Waals surface area (Å²) in [4.78, 5) is 28.2. The number of methoxy groups -OCH3 is 1. The van der Waals surface area contributed by atoms with E-state index in [4.69, 9.17) is 21.1 Å². The van der Waals surface area contributed by atoms with Crippen LogP contribution >= 0.6 is 23.4 Å². The molecule has 2 rings (SSSR count). The number of amides is 1. The van der Waals surface area contributed by atoms with Crippen molar-refractivity contribution in [3.05, 3.63) is 52.5 Å². The Morgan fingerprint density at radius 1 is 1.05 bits per heavy atom. The number of aryl methyl sites for hydroxylation is 1. The maximum absolute atomic E-state index is 12.8. The second-order valence-corrected chi connectivity index (χ2v) is 12.8. The number of hydrogen-bond acceptors (Lipinski definition) is 7. The first-order valence-corrected chi connectivity index (χ1v) is 13.7. The Hall–Kier alpha value is -2.47. The summed E-state index contributed by atoms with van der Waals surface area (Å²) in [5, 5.41) is 2.43. The first kappa shape index (κ1) is 33.7. The van der Waals surface area contributed by atoms with Gasteiger partial charge in [0, 0.05) is 30.8 Å². The fourth-order valence-electron chi connectivity index (χ4n) is 3.48. The first-order chi connectivity index (χ1) is 18.4. The lowest BCUT2D eigenvalue weighted by atomic mass is 10.1. The average Bonchev–Trinajstić information content (AvgIpc) is 2.79. The second kappa shape index (κ2) is 13.9. The molecular weight excluding hydrogens is 569 g/mol. The Morgan fingerprint density at radius 3 is 2.23 bits per heavy atom. The molecule has 0 heterocycles. The fraction of sp³-hybridized carbons (Fsp3) is 0.500. The molecule has 0 saturated carbocycles. The normalized spacial score (nSPS) is 12.4. The standard InChI is InChI=1S/C28H36ClF3N2O5S/c1-18-14-23(38-28(30,31)32)21(29)15-22(18)33-24(35)17-34(12-13-37-7)16-19-8-10-20(11-9-19)40-27(5,6)25(36)39-26(2,3)4/h8-11,14-15H,12-13,16-17H2,1-7H3,(H,33,35). The van der Waals surface area contributed by atoms with E-state index in [2.05, 4.69) is 10.1 Å². The van der Waals surface area contributed by atoms with Gasteiger partial charge in [-0.25, -0.2) is 0 Å². The van der Waals surface area contributed by atoms with E-state index in [-0.39, 0.29) is 29.1 Å².